The molecule has 0 aliphatic carbocycles. The first kappa shape index (κ1) is 14.0. The van der Waals surface area contributed by atoms with Gasteiger partial charge in [0.15, 0.2) is 5.65 Å². The summed E-state index contributed by atoms with van der Waals surface area (Å²) >= 11 is 0. The van der Waals surface area contributed by atoms with E-state index in [9.17, 15) is 5.11 Å². The third-order valence-corrected chi connectivity index (χ3v) is 3.61. The van der Waals surface area contributed by atoms with E-state index in [0.29, 0.717) is 28.5 Å². The zero-order valence-corrected chi connectivity index (χ0v) is 12.6. The molecule has 2 aromatic carbocycles. The summed E-state index contributed by atoms with van der Waals surface area (Å²) in [6, 6.07) is 16.5. The molecule has 0 unspecified atom stereocenters. The van der Waals surface area contributed by atoms with Gasteiger partial charge < -0.3 is 16.2 Å². The van der Waals surface area contributed by atoms with Crippen LogP contribution in [0.5, 0.6) is 5.75 Å². The average Bonchev–Trinajstić information content (AvgIpc) is 3.02. The van der Waals surface area contributed by atoms with Crippen LogP contribution in [0.1, 0.15) is 0 Å². The Hall–Kier alpha value is -3.61. The normalized spacial score (nSPS) is 10.8. The molecular formula is C17H14N6O. The van der Waals surface area contributed by atoms with E-state index in [2.05, 4.69) is 20.4 Å². The van der Waals surface area contributed by atoms with Crippen LogP contribution in [0.3, 0.4) is 0 Å². The zero-order valence-electron chi connectivity index (χ0n) is 12.6. The van der Waals surface area contributed by atoms with Crippen LogP contribution in [0.4, 0.5) is 17.5 Å². The number of aromatic nitrogens is 4. The standard InChI is InChI=1S/C17H14N6O/c18-15-12-10-19-23(11-6-2-1-3-7-11)16(12)22-17(21-15)20-13-8-4-5-9-14(13)24/h1-10,24H,(H3,18,20,21,22). The largest absolute Gasteiger partial charge is 0.506 e. The number of hydrogen-bond donors (Lipinski definition) is 3. The zero-order chi connectivity index (χ0) is 16.5. The predicted octanol–water partition coefficient (Wildman–Crippen LogP) is 2.85. The van der Waals surface area contributed by atoms with Gasteiger partial charge in [-0.2, -0.15) is 15.1 Å². The molecule has 2 aromatic heterocycles. The number of aromatic hydroxyl groups is 1. The number of phenolic OH excluding ortho intramolecular Hbond substituents is 1. The number of anilines is 3. The van der Waals surface area contributed by atoms with Crippen LogP contribution in [0, 0.1) is 0 Å². The first-order valence-corrected chi connectivity index (χ1v) is 7.34. The fourth-order valence-electron chi connectivity index (χ4n) is 2.44. The lowest BCUT2D eigenvalue weighted by Crippen LogP contribution is -2.04. The molecule has 0 amide bonds. The Morgan fingerprint density at radius 2 is 1.71 bits per heavy atom. The van der Waals surface area contributed by atoms with Crippen molar-refractivity contribution in [3.8, 4) is 11.4 Å². The van der Waals surface area contributed by atoms with Gasteiger partial charge in [-0.15, -0.1) is 0 Å². The minimum Gasteiger partial charge on any atom is -0.506 e. The first-order valence-electron chi connectivity index (χ1n) is 7.34. The second-order valence-corrected chi connectivity index (χ2v) is 5.20. The number of nitrogens with one attached hydrogen (secondary N) is 1. The summed E-state index contributed by atoms with van der Waals surface area (Å²) in [7, 11) is 0. The van der Waals surface area contributed by atoms with Crippen molar-refractivity contribution in [3.63, 3.8) is 0 Å². The molecule has 0 aliphatic rings. The quantitative estimate of drug-likeness (QED) is 0.502. The molecule has 0 aliphatic heterocycles. The van der Waals surface area contributed by atoms with E-state index in [1.165, 1.54) is 0 Å². The Morgan fingerprint density at radius 3 is 2.50 bits per heavy atom. The minimum atomic E-state index is 0.108. The van der Waals surface area contributed by atoms with Gasteiger partial charge in [-0.3, -0.25) is 0 Å². The van der Waals surface area contributed by atoms with Crippen molar-refractivity contribution in [1.29, 1.82) is 0 Å². The SMILES string of the molecule is Nc1nc(Nc2ccccc2O)nc2c1cnn2-c1ccccc1. The third kappa shape index (κ3) is 2.38. The molecule has 0 radical (unpaired) electrons. The number of nitrogens with zero attached hydrogens (tertiary/aromatic N) is 4. The van der Waals surface area contributed by atoms with Gasteiger partial charge in [0.25, 0.3) is 0 Å². The summed E-state index contributed by atoms with van der Waals surface area (Å²) < 4.78 is 1.70. The summed E-state index contributed by atoms with van der Waals surface area (Å²) in [6.07, 6.45) is 1.64. The fraction of sp³-hybridized carbons (Fsp3) is 0. The van der Waals surface area contributed by atoms with Crippen molar-refractivity contribution < 1.29 is 5.11 Å². The molecule has 0 bridgehead atoms. The number of fused-ring (bicyclic) bond motifs is 1. The van der Waals surface area contributed by atoms with E-state index >= 15 is 0 Å². The molecule has 7 heteroatoms. The van der Waals surface area contributed by atoms with E-state index in [4.69, 9.17) is 5.73 Å². The molecule has 4 aromatic rings. The van der Waals surface area contributed by atoms with Crippen LogP contribution in [0.15, 0.2) is 60.8 Å². The highest BCUT2D eigenvalue weighted by molar-refractivity contribution is 5.87. The summed E-state index contributed by atoms with van der Waals surface area (Å²) in [5.74, 6) is 0.718. The Kier molecular flexibility index (Phi) is 3.24. The number of nitrogen functional groups attached to an aromatic ring is 1. The van der Waals surface area contributed by atoms with Crippen molar-refractivity contribution in [2.75, 3.05) is 11.1 Å². The topological polar surface area (TPSA) is 102 Å². The summed E-state index contributed by atoms with van der Waals surface area (Å²) in [5.41, 5.74) is 8.00. The molecular weight excluding hydrogens is 304 g/mol. The molecule has 0 fully saturated rings. The maximum atomic E-state index is 9.88. The smallest absolute Gasteiger partial charge is 0.231 e. The predicted molar refractivity (Wildman–Crippen MR) is 92.5 cm³/mol. The molecule has 24 heavy (non-hydrogen) atoms. The molecule has 0 saturated heterocycles. The minimum absolute atomic E-state index is 0.108. The van der Waals surface area contributed by atoms with Gasteiger partial charge in [0.1, 0.15) is 11.6 Å². The number of nitrogens with two attached hydrogens (primary N) is 1. The number of hydrogen-bond acceptors (Lipinski definition) is 6. The second kappa shape index (κ2) is 5.54. The molecule has 2 heterocycles. The molecule has 4 N–H and O–H groups in total. The van der Waals surface area contributed by atoms with Crippen molar-refractivity contribution in [2.24, 2.45) is 0 Å². The first-order chi connectivity index (χ1) is 11.7. The van der Waals surface area contributed by atoms with Crippen LogP contribution in [0.25, 0.3) is 16.7 Å². The van der Waals surface area contributed by atoms with Gasteiger partial charge in [-0.05, 0) is 24.3 Å². The Balaban J connectivity index is 1.83. The van der Waals surface area contributed by atoms with Crippen molar-refractivity contribution in [3.05, 3.63) is 60.8 Å². The number of para-hydroxylation sites is 3. The van der Waals surface area contributed by atoms with Gasteiger partial charge >= 0.3 is 0 Å². The highest BCUT2D eigenvalue weighted by Gasteiger charge is 2.13. The molecule has 0 spiro atoms. The summed E-state index contributed by atoms with van der Waals surface area (Å²) in [4.78, 5) is 8.73. The third-order valence-electron chi connectivity index (χ3n) is 3.61. The van der Waals surface area contributed by atoms with Crippen LogP contribution < -0.4 is 11.1 Å². The molecule has 7 nitrogen and oxygen atoms in total. The maximum absolute atomic E-state index is 9.88. The van der Waals surface area contributed by atoms with E-state index in [1.54, 1.807) is 35.1 Å². The van der Waals surface area contributed by atoms with Gasteiger partial charge in [-0.25, -0.2) is 4.68 Å². The summed E-state index contributed by atoms with van der Waals surface area (Å²) in [5, 5.41) is 17.9. The Labute approximate surface area is 137 Å². The van der Waals surface area contributed by atoms with Crippen molar-refractivity contribution in [1.82, 2.24) is 19.7 Å². The van der Waals surface area contributed by atoms with Crippen molar-refractivity contribution in [2.45, 2.75) is 0 Å². The second-order valence-electron chi connectivity index (χ2n) is 5.20. The number of phenols is 1. The van der Waals surface area contributed by atoms with E-state index < -0.39 is 0 Å². The van der Waals surface area contributed by atoms with E-state index in [-0.39, 0.29) is 5.75 Å². The lowest BCUT2D eigenvalue weighted by atomic mass is 10.3. The van der Waals surface area contributed by atoms with Crippen LogP contribution in [-0.2, 0) is 0 Å². The van der Waals surface area contributed by atoms with Gasteiger partial charge in [0, 0.05) is 0 Å². The molecule has 4 rings (SSSR count). The maximum Gasteiger partial charge on any atom is 0.231 e. The highest BCUT2D eigenvalue weighted by atomic mass is 16.3. The van der Waals surface area contributed by atoms with Gasteiger partial charge in [-0.1, -0.05) is 30.3 Å². The summed E-state index contributed by atoms with van der Waals surface area (Å²) in [6.45, 7) is 0. The van der Waals surface area contributed by atoms with Gasteiger partial charge in [0.2, 0.25) is 5.95 Å². The Morgan fingerprint density at radius 1 is 0.958 bits per heavy atom. The monoisotopic (exact) mass is 318 g/mol. The fourth-order valence-corrected chi connectivity index (χ4v) is 2.44. The lowest BCUT2D eigenvalue weighted by molar-refractivity contribution is 0.477. The van der Waals surface area contributed by atoms with Crippen molar-refractivity contribution >= 4 is 28.5 Å². The van der Waals surface area contributed by atoms with E-state index in [1.807, 2.05) is 30.3 Å². The van der Waals surface area contributed by atoms with Gasteiger partial charge in [0.05, 0.1) is 23.0 Å². The highest BCUT2D eigenvalue weighted by Crippen LogP contribution is 2.27. The van der Waals surface area contributed by atoms with Crippen LogP contribution in [-0.4, -0.2) is 24.9 Å². The molecule has 0 saturated carbocycles. The van der Waals surface area contributed by atoms with Crippen LogP contribution in [0.2, 0.25) is 0 Å². The van der Waals surface area contributed by atoms with Crippen LogP contribution >= 0.6 is 0 Å². The number of benzene rings is 2. The van der Waals surface area contributed by atoms with E-state index in [0.717, 1.165) is 5.69 Å². The molecule has 0 atom stereocenters. The number of rotatable bonds is 3. The Bertz CT molecular complexity index is 1010. The average molecular weight is 318 g/mol. The lowest BCUT2D eigenvalue weighted by Gasteiger charge is -2.08. The molecule has 118 valence electrons.